The van der Waals surface area contributed by atoms with Crippen molar-refractivity contribution in [3.05, 3.63) is 71.4 Å². The van der Waals surface area contributed by atoms with Crippen molar-refractivity contribution < 1.29 is 9.59 Å². The molecule has 0 saturated carbocycles. The number of hydrogen-bond donors (Lipinski definition) is 1. The maximum absolute atomic E-state index is 12.0. The van der Waals surface area contributed by atoms with Crippen LogP contribution >= 0.6 is 11.8 Å². The molecule has 1 heterocycles. The molecule has 0 unspecified atom stereocenters. The van der Waals surface area contributed by atoms with Gasteiger partial charge in [-0.15, -0.1) is 11.8 Å². The van der Waals surface area contributed by atoms with Crippen molar-refractivity contribution in [3.63, 3.8) is 0 Å². The first-order chi connectivity index (χ1) is 16.5. The number of Topliss-reactive ketones (excluding diaryl/α,β-unsaturated/α-hetero) is 1. The molecule has 1 aliphatic rings. The van der Waals surface area contributed by atoms with Crippen LogP contribution in [0.5, 0.6) is 0 Å². The minimum atomic E-state index is -0.508. The zero-order valence-electron chi connectivity index (χ0n) is 19.8. The fraction of sp³-hybridized carbons (Fsp3) is 0.333. The van der Waals surface area contributed by atoms with E-state index in [2.05, 4.69) is 47.1 Å². The van der Waals surface area contributed by atoms with Crippen molar-refractivity contribution in [1.82, 2.24) is 5.43 Å². The van der Waals surface area contributed by atoms with Gasteiger partial charge in [0, 0.05) is 29.0 Å². The summed E-state index contributed by atoms with van der Waals surface area (Å²) in [5, 5.41) is 13.1. The summed E-state index contributed by atoms with van der Waals surface area (Å²) in [6, 6.07) is 15.3. The molecular weight excluding hydrogens is 444 g/mol. The summed E-state index contributed by atoms with van der Waals surface area (Å²) >= 11 is 1.78. The molecule has 0 atom stereocenters. The van der Waals surface area contributed by atoms with Crippen LogP contribution in [0, 0.1) is 11.3 Å². The molecule has 0 spiro atoms. The fourth-order valence-corrected chi connectivity index (χ4v) is 4.71. The Morgan fingerprint density at radius 1 is 1.15 bits per heavy atom. The van der Waals surface area contributed by atoms with Crippen molar-refractivity contribution in [2.45, 2.75) is 50.8 Å². The SMILES string of the molecule is C=C1/C(=N/NC(=O)CCC)c2cc(SCCCc3ccc(C(=O)C#N)cc3)ccc2N1CCC. The molecule has 1 amide bonds. The van der Waals surface area contributed by atoms with Gasteiger partial charge >= 0.3 is 0 Å². The van der Waals surface area contributed by atoms with E-state index in [0.29, 0.717) is 12.0 Å². The van der Waals surface area contributed by atoms with Gasteiger partial charge in [0.1, 0.15) is 11.8 Å². The highest BCUT2D eigenvalue weighted by molar-refractivity contribution is 7.99. The van der Waals surface area contributed by atoms with E-state index in [0.717, 1.165) is 71.1 Å². The number of rotatable bonds is 11. The van der Waals surface area contributed by atoms with Gasteiger partial charge in [0.05, 0.1) is 11.4 Å². The van der Waals surface area contributed by atoms with Gasteiger partial charge in [-0.1, -0.05) is 44.7 Å². The number of aryl methyl sites for hydroxylation is 1. The Morgan fingerprint density at radius 2 is 1.91 bits per heavy atom. The molecular formula is C27H30N4O2S. The van der Waals surface area contributed by atoms with Gasteiger partial charge in [-0.2, -0.15) is 10.4 Å². The average molecular weight is 475 g/mol. The van der Waals surface area contributed by atoms with E-state index in [1.165, 1.54) is 0 Å². The van der Waals surface area contributed by atoms with Gasteiger partial charge in [0.15, 0.2) is 0 Å². The molecule has 2 aromatic carbocycles. The summed E-state index contributed by atoms with van der Waals surface area (Å²) in [6.45, 7) is 9.18. The van der Waals surface area contributed by atoms with Crippen molar-refractivity contribution in [2.24, 2.45) is 5.10 Å². The topological polar surface area (TPSA) is 85.6 Å². The third-order valence-corrected chi connectivity index (χ3v) is 6.61. The molecule has 2 aromatic rings. The number of thioether (sulfide) groups is 1. The number of benzene rings is 2. The normalized spacial score (nSPS) is 13.6. The Kier molecular flexibility index (Phi) is 9.06. The summed E-state index contributed by atoms with van der Waals surface area (Å²) in [5.74, 6) is 0.345. The predicted molar refractivity (Wildman–Crippen MR) is 138 cm³/mol. The molecule has 0 saturated heterocycles. The van der Waals surface area contributed by atoms with Crippen molar-refractivity contribution in [2.75, 3.05) is 17.2 Å². The van der Waals surface area contributed by atoms with Gasteiger partial charge in [-0.05, 0) is 55.2 Å². The smallest absolute Gasteiger partial charge is 0.262 e. The van der Waals surface area contributed by atoms with Gasteiger partial charge in [-0.3, -0.25) is 9.59 Å². The molecule has 7 heteroatoms. The second-order valence-electron chi connectivity index (χ2n) is 8.11. The standard InChI is InChI=1S/C27H30N4O2S/c1-4-7-26(33)29-30-27-19(3)31(15-5-2)24-14-13-22(17-23(24)27)34-16-6-8-20-9-11-21(12-10-20)25(32)18-28/h9-14,17H,3-8,15-16H2,1-2H3,(H,29,33)/b30-27-. The maximum Gasteiger partial charge on any atom is 0.262 e. The average Bonchev–Trinajstić information content (AvgIpc) is 3.11. The molecule has 0 aliphatic carbocycles. The van der Waals surface area contributed by atoms with Crippen LogP contribution in [-0.2, 0) is 11.2 Å². The van der Waals surface area contributed by atoms with E-state index in [1.54, 1.807) is 30.0 Å². The Balaban J connectivity index is 1.65. The maximum atomic E-state index is 12.0. The largest absolute Gasteiger partial charge is 0.340 e. The molecule has 3 rings (SSSR count). The molecule has 6 nitrogen and oxygen atoms in total. The van der Waals surface area contributed by atoms with Crippen LogP contribution in [0.25, 0.3) is 0 Å². The zero-order valence-corrected chi connectivity index (χ0v) is 20.6. The quantitative estimate of drug-likeness (QED) is 0.153. The van der Waals surface area contributed by atoms with Crippen LogP contribution in [0.3, 0.4) is 0 Å². The van der Waals surface area contributed by atoms with Gasteiger partial charge in [0.25, 0.3) is 5.78 Å². The number of nitrogens with one attached hydrogen (secondary N) is 1. The summed E-state index contributed by atoms with van der Waals surface area (Å²) < 4.78 is 0. The summed E-state index contributed by atoms with van der Waals surface area (Å²) in [6.07, 6.45) is 4.09. The van der Waals surface area contributed by atoms with Crippen molar-refractivity contribution in [3.8, 4) is 6.07 Å². The summed E-state index contributed by atoms with van der Waals surface area (Å²) in [5.41, 5.74) is 7.87. The molecule has 1 aliphatic heterocycles. The highest BCUT2D eigenvalue weighted by Crippen LogP contribution is 2.37. The van der Waals surface area contributed by atoms with Crippen LogP contribution in [-0.4, -0.2) is 29.7 Å². The first kappa shape index (κ1) is 25.3. The number of anilines is 1. The highest BCUT2D eigenvalue weighted by atomic mass is 32.2. The Morgan fingerprint density at radius 3 is 2.59 bits per heavy atom. The Labute approximate surface area is 205 Å². The van der Waals surface area contributed by atoms with Crippen LogP contribution in [0.2, 0.25) is 0 Å². The molecule has 0 radical (unpaired) electrons. The molecule has 34 heavy (non-hydrogen) atoms. The monoisotopic (exact) mass is 474 g/mol. The number of hydrazone groups is 1. The number of nitriles is 1. The Hall–Kier alpha value is -3.37. The molecule has 0 fully saturated rings. The van der Waals surface area contributed by atoms with Crippen molar-refractivity contribution in [1.29, 1.82) is 5.26 Å². The van der Waals surface area contributed by atoms with E-state index >= 15 is 0 Å². The number of hydrogen-bond acceptors (Lipinski definition) is 6. The lowest BCUT2D eigenvalue weighted by Crippen LogP contribution is -2.23. The van der Waals surface area contributed by atoms with E-state index in [9.17, 15) is 9.59 Å². The van der Waals surface area contributed by atoms with Crippen LogP contribution in [0.1, 0.15) is 61.0 Å². The number of nitrogens with zero attached hydrogens (tertiary/aromatic N) is 3. The lowest BCUT2D eigenvalue weighted by atomic mass is 10.1. The highest BCUT2D eigenvalue weighted by Gasteiger charge is 2.29. The van der Waals surface area contributed by atoms with Crippen LogP contribution in [0.4, 0.5) is 5.69 Å². The zero-order chi connectivity index (χ0) is 24.5. The third kappa shape index (κ3) is 6.15. The van der Waals surface area contributed by atoms with Crippen LogP contribution < -0.4 is 10.3 Å². The van der Waals surface area contributed by atoms with Gasteiger partial charge in [-0.25, -0.2) is 5.43 Å². The van der Waals surface area contributed by atoms with Gasteiger partial charge in [0.2, 0.25) is 5.91 Å². The van der Waals surface area contributed by atoms with Crippen molar-refractivity contribution >= 4 is 34.9 Å². The lowest BCUT2D eigenvalue weighted by Gasteiger charge is -2.19. The number of amides is 1. The predicted octanol–water partition coefficient (Wildman–Crippen LogP) is 5.48. The summed E-state index contributed by atoms with van der Waals surface area (Å²) in [7, 11) is 0. The number of ketones is 1. The van der Waals surface area contributed by atoms with E-state index in [4.69, 9.17) is 5.26 Å². The molecule has 176 valence electrons. The first-order valence-corrected chi connectivity index (χ1v) is 12.6. The number of carbonyl (C=O) groups excluding carboxylic acids is 2. The summed E-state index contributed by atoms with van der Waals surface area (Å²) in [4.78, 5) is 26.7. The number of fused-ring (bicyclic) bond motifs is 1. The molecule has 0 bridgehead atoms. The second kappa shape index (κ2) is 12.2. The molecule has 1 N–H and O–H groups in total. The second-order valence-corrected chi connectivity index (χ2v) is 9.28. The first-order valence-electron chi connectivity index (χ1n) is 11.6. The molecule has 0 aromatic heterocycles. The minimum Gasteiger partial charge on any atom is -0.340 e. The third-order valence-electron chi connectivity index (χ3n) is 5.53. The minimum absolute atomic E-state index is 0.0890. The van der Waals surface area contributed by atoms with Crippen LogP contribution in [0.15, 0.2) is 64.7 Å². The fourth-order valence-electron chi connectivity index (χ4n) is 3.82. The number of allylic oxidation sites excluding steroid dienone is 1. The van der Waals surface area contributed by atoms with E-state index in [1.807, 2.05) is 19.1 Å². The van der Waals surface area contributed by atoms with E-state index in [-0.39, 0.29) is 5.91 Å². The van der Waals surface area contributed by atoms with E-state index < -0.39 is 5.78 Å². The number of carbonyl (C=O) groups is 2. The van der Waals surface area contributed by atoms with Gasteiger partial charge < -0.3 is 4.90 Å². The lowest BCUT2D eigenvalue weighted by molar-refractivity contribution is -0.121. The Bertz CT molecular complexity index is 1130.